The van der Waals surface area contributed by atoms with Crippen LogP contribution in [0.3, 0.4) is 0 Å². The smallest absolute Gasteiger partial charge is 0.255 e. The fraction of sp³-hybridized carbons (Fsp3) is 0.0476. The maximum absolute atomic E-state index is 12.6. The largest absolute Gasteiger partial charge is 0.342 e. The van der Waals surface area contributed by atoms with E-state index in [0.29, 0.717) is 32.9 Å². The Balaban J connectivity index is 1.58. The first-order valence-electron chi connectivity index (χ1n) is 8.58. The minimum atomic E-state index is -0.200. The molecule has 0 bridgehead atoms. The van der Waals surface area contributed by atoms with E-state index in [9.17, 15) is 4.79 Å². The number of fused-ring (bicyclic) bond motifs is 1. The minimum absolute atomic E-state index is 0.200. The Kier molecular flexibility index (Phi) is 5.83. The van der Waals surface area contributed by atoms with Crippen LogP contribution in [0.5, 0.6) is 0 Å². The van der Waals surface area contributed by atoms with Crippen LogP contribution in [0, 0.1) is 0 Å². The highest BCUT2D eigenvalue weighted by Crippen LogP contribution is 2.30. The molecule has 0 radical (unpaired) electrons. The molecule has 0 atom stereocenters. The van der Waals surface area contributed by atoms with Gasteiger partial charge in [-0.2, -0.15) is 0 Å². The Morgan fingerprint density at radius 2 is 1.69 bits per heavy atom. The van der Waals surface area contributed by atoms with Gasteiger partial charge in [0.05, 0.1) is 11.0 Å². The van der Waals surface area contributed by atoms with Crippen molar-refractivity contribution in [3.63, 3.8) is 0 Å². The Labute approximate surface area is 190 Å². The predicted octanol–water partition coefficient (Wildman–Crippen LogP) is 7.13. The zero-order valence-corrected chi connectivity index (χ0v) is 18.6. The van der Waals surface area contributed by atoms with Gasteiger partial charge in [-0.05, 0) is 60.2 Å². The van der Waals surface area contributed by atoms with E-state index in [1.807, 2.05) is 24.3 Å². The molecule has 2 N–H and O–H groups in total. The second kappa shape index (κ2) is 8.36. The van der Waals surface area contributed by atoms with E-state index >= 15 is 0 Å². The highest BCUT2D eigenvalue weighted by molar-refractivity contribution is 9.10. The summed E-state index contributed by atoms with van der Waals surface area (Å²) in [5, 5.41) is 4.32. The molecule has 0 aliphatic carbocycles. The van der Waals surface area contributed by atoms with Crippen molar-refractivity contribution >= 4 is 73.4 Å². The van der Waals surface area contributed by atoms with E-state index < -0.39 is 0 Å². The number of aromatic amines is 1. The standard InChI is InChI=1S/C21H13BrCl3N3O/c22-12-2-4-14(5-3-12)26-21(29)11-1-6-18-19(7-11)28-20(27-18)10-15-16(24)8-13(23)9-17(15)25/h1-9H,10H2,(H,26,29)(H,27,28). The fourth-order valence-corrected chi connectivity index (χ4v) is 4.15. The molecule has 8 heteroatoms. The Bertz CT molecular complexity index is 1200. The number of aromatic nitrogens is 2. The second-order valence-electron chi connectivity index (χ2n) is 6.40. The number of benzene rings is 3. The number of imidazole rings is 1. The lowest BCUT2D eigenvalue weighted by Crippen LogP contribution is -2.11. The Morgan fingerprint density at radius 3 is 2.38 bits per heavy atom. The predicted molar refractivity (Wildman–Crippen MR) is 122 cm³/mol. The molecule has 0 saturated heterocycles. The van der Waals surface area contributed by atoms with Crippen LogP contribution in [0.4, 0.5) is 5.69 Å². The van der Waals surface area contributed by atoms with E-state index in [2.05, 4.69) is 31.2 Å². The number of anilines is 1. The number of carbonyl (C=O) groups excluding carboxylic acids is 1. The summed E-state index contributed by atoms with van der Waals surface area (Å²) in [5.74, 6) is 0.491. The van der Waals surface area contributed by atoms with Gasteiger partial charge in [0.25, 0.3) is 5.91 Å². The number of rotatable bonds is 4. The van der Waals surface area contributed by atoms with Crippen LogP contribution in [-0.4, -0.2) is 15.9 Å². The fourth-order valence-electron chi connectivity index (χ4n) is 2.93. The molecule has 4 aromatic rings. The summed E-state index contributed by atoms with van der Waals surface area (Å²) in [5.41, 5.74) is 3.49. The molecular formula is C21H13BrCl3N3O. The van der Waals surface area contributed by atoms with Crippen molar-refractivity contribution in [2.45, 2.75) is 6.42 Å². The number of hydrogen-bond donors (Lipinski definition) is 2. The molecule has 4 nitrogen and oxygen atoms in total. The van der Waals surface area contributed by atoms with Gasteiger partial charge in [0.15, 0.2) is 0 Å². The second-order valence-corrected chi connectivity index (χ2v) is 8.57. The highest BCUT2D eigenvalue weighted by atomic mass is 79.9. The molecule has 1 heterocycles. The zero-order chi connectivity index (χ0) is 20.5. The highest BCUT2D eigenvalue weighted by Gasteiger charge is 2.13. The average Bonchev–Trinajstić information content (AvgIpc) is 3.08. The molecule has 0 aliphatic heterocycles. The third-order valence-electron chi connectivity index (χ3n) is 4.35. The van der Waals surface area contributed by atoms with Crippen LogP contribution >= 0.6 is 50.7 Å². The summed E-state index contributed by atoms with van der Waals surface area (Å²) in [6, 6.07) is 16.0. The van der Waals surface area contributed by atoms with E-state index in [1.165, 1.54) is 0 Å². The first-order chi connectivity index (χ1) is 13.9. The molecule has 0 fully saturated rings. The third-order valence-corrected chi connectivity index (χ3v) is 5.77. The molecule has 146 valence electrons. The molecule has 29 heavy (non-hydrogen) atoms. The van der Waals surface area contributed by atoms with Crippen LogP contribution < -0.4 is 5.32 Å². The summed E-state index contributed by atoms with van der Waals surface area (Å²) in [6.45, 7) is 0. The van der Waals surface area contributed by atoms with Crippen molar-refractivity contribution < 1.29 is 4.79 Å². The van der Waals surface area contributed by atoms with Crippen LogP contribution in [0.25, 0.3) is 11.0 Å². The van der Waals surface area contributed by atoms with Gasteiger partial charge < -0.3 is 10.3 Å². The maximum Gasteiger partial charge on any atom is 0.255 e. The number of H-pyrrole nitrogens is 1. The van der Waals surface area contributed by atoms with E-state index in [4.69, 9.17) is 34.8 Å². The van der Waals surface area contributed by atoms with Gasteiger partial charge in [-0.15, -0.1) is 0 Å². The molecule has 0 saturated carbocycles. The van der Waals surface area contributed by atoms with Gasteiger partial charge >= 0.3 is 0 Å². The lowest BCUT2D eigenvalue weighted by atomic mass is 10.1. The Morgan fingerprint density at radius 1 is 1.00 bits per heavy atom. The number of halogens is 4. The first-order valence-corrected chi connectivity index (χ1v) is 10.5. The average molecular weight is 510 g/mol. The first kappa shape index (κ1) is 20.2. The van der Waals surface area contributed by atoms with Gasteiger partial charge in [0, 0.05) is 37.2 Å². The molecule has 4 rings (SSSR count). The Hall–Kier alpha value is -2.05. The lowest BCUT2D eigenvalue weighted by molar-refractivity contribution is 0.102. The molecule has 0 unspecified atom stereocenters. The SMILES string of the molecule is O=C(Nc1ccc(Br)cc1)c1ccc2nc(Cc3c(Cl)cc(Cl)cc3Cl)[nH]c2c1. The van der Waals surface area contributed by atoms with Gasteiger partial charge in [0.1, 0.15) is 5.82 Å². The van der Waals surface area contributed by atoms with E-state index in [1.54, 1.807) is 30.3 Å². The van der Waals surface area contributed by atoms with Crippen molar-refractivity contribution in [2.75, 3.05) is 5.32 Å². The number of nitrogens with one attached hydrogen (secondary N) is 2. The molecule has 1 amide bonds. The van der Waals surface area contributed by atoms with E-state index in [0.717, 1.165) is 26.8 Å². The van der Waals surface area contributed by atoms with Crippen molar-refractivity contribution in [1.29, 1.82) is 0 Å². The van der Waals surface area contributed by atoms with Crippen LogP contribution in [0.2, 0.25) is 15.1 Å². The molecule has 0 aliphatic rings. The van der Waals surface area contributed by atoms with Gasteiger partial charge in [-0.3, -0.25) is 4.79 Å². The number of nitrogens with zero attached hydrogens (tertiary/aromatic N) is 1. The molecular weight excluding hydrogens is 497 g/mol. The topological polar surface area (TPSA) is 57.8 Å². The summed E-state index contributed by atoms with van der Waals surface area (Å²) >= 11 is 21.9. The summed E-state index contributed by atoms with van der Waals surface area (Å²) in [7, 11) is 0. The monoisotopic (exact) mass is 507 g/mol. The molecule has 0 spiro atoms. The molecule has 3 aromatic carbocycles. The van der Waals surface area contributed by atoms with Crippen molar-refractivity contribution in [2.24, 2.45) is 0 Å². The zero-order valence-electron chi connectivity index (χ0n) is 14.8. The minimum Gasteiger partial charge on any atom is -0.342 e. The van der Waals surface area contributed by atoms with Crippen molar-refractivity contribution in [3.8, 4) is 0 Å². The van der Waals surface area contributed by atoms with Crippen molar-refractivity contribution in [1.82, 2.24) is 9.97 Å². The van der Waals surface area contributed by atoms with Gasteiger partial charge in [-0.1, -0.05) is 50.7 Å². The van der Waals surface area contributed by atoms with Crippen LogP contribution in [0.1, 0.15) is 21.7 Å². The summed E-state index contributed by atoms with van der Waals surface area (Å²) in [4.78, 5) is 20.4. The van der Waals surface area contributed by atoms with Crippen LogP contribution in [-0.2, 0) is 6.42 Å². The maximum atomic E-state index is 12.6. The lowest BCUT2D eigenvalue weighted by Gasteiger charge is -2.06. The van der Waals surface area contributed by atoms with Crippen molar-refractivity contribution in [3.05, 3.63) is 91.1 Å². The van der Waals surface area contributed by atoms with Crippen LogP contribution in [0.15, 0.2) is 59.1 Å². The number of amides is 1. The molecule has 1 aromatic heterocycles. The summed E-state index contributed by atoms with van der Waals surface area (Å²) < 4.78 is 0.947. The van der Waals surface area contributed by atoms with Gasteiger partial charge in [0.2, 0.25) is 0 Å². The third kappa shape index (κ3) is 4.59. The van der Waals surface area contributed by atoms with Gasteiger partial charge in [-0.25, -0.2) is 4.98 Å². The van der Waals surface area contributed by atoms with E-state index in [-0.39, 0.29) is 5.91 Å². The summed E-state index contributed by atoms with van der Waals surface area (Å²) in [6.07, 6.45) is 0.421. The number of hydrogen-bond acceptors (Lipinski definition) is 2. The quantitative estimate of drug-likeness (QED) is 0.308. The number of carbonyl (C=O) groups is 1. The normalized spacial score (nSPS) is 11.0.